The van der Waals surface area contributed by atoms with Gasteiger partial charge in [-0.05, 0) is 10.8 Å². The molecule has 1 fully saturated rings. The van der Waals surface area contributed by atoms with E-state index in [-0.39, 0.29) is 16.4 Å². The molecule has 0 aliphatic carbocycles. The normalized spacial score (nSPS) is 23.6. The Labute approximate surface area is 88.4 Å². The van der Waals surface area contributed by atoms with E-state index < -0.39 is 0 Å². The third kappa shape index (κ3) is 1.82. The first kappa shape index (κ1) is 12.0. The zero-order valence-corrected chi connectivity index (χ0v) is 10.5. The number of ether oxygens (including phenoxy) is 1. The van der Waals surface area contributed by atoms with E-state index >= 15 is 0 Å². The predicted molar refractivity (Wildman–Crippen MR) is 60.5 cm³/mol. The van der Waals surface area contributed by atoms with Crippen molar-refractivity contribution in [3.63, 3.8) is 0 Å². The Morgan fingerprint density at radius 1 is 1.00 bits per heavy atom. The predicted octanol–water partition coefficient (Wildman–Crippen LogP) is 2.44. The highest BCUT2D eigenvalue weighted by molar-refractivity contribution is 5.07. The first-order chi connectivity index (χ1) is 6.21. The Morgan fingerprint density at radius 3 is 1.71 bits per heavy atom. The molecule has 0 saturated carbocycles. The van der Waals surface area contributed by atoms with Gasteiger partial charge < -0.3 is 10.1 Å². The zero-order chi connectivity index (χ0) is 11.0. The third-order valence-corrected chi connectivity index (χ3v) is 3.55. The molecule has 1 heterocycles. The van der Waals surface area contributed by atoms with Gasteiger partial charge in [-0.1, -0.05) is 41.5 Å². The third-order valence-electron chi connectivity index (χ3n) is 3.55. The smallest absolute Gasteiger partial charge is 0.0659 e. The van der Waals surface area contributed by atoms with Gasteiger partial charge in [0.25, 0.3) is 0 Å². The Balaban J connectivity index is 3.01. The molecule has 1 saturated heterocycles. The molecule has 14 heavy (non-hydrogen) atoms. The van der Waals surface area contributed by atoms with Gasteiger partial charge in [-0.15, -0.1) is 0 Å². The summed E-state index contributed by atoms with van der Waals surface area (Å²) < 4.78 is 5.68. The van der Waals surface area contributed by atoms with Gasteiger partial charge in [0.1, 0.15) is 0 Å². The van der Waals surface area contributed by atoms with E-state index in [0.29, 0.717) is 0 Å². The molecule has 0 unspecified atom stereocenters. The maximum atomic E-state index is 5.68. The van der Waals surface area contributed by atoms with E-state index in [9.17, 15) is 0 Å². The summed E-state index contributed by atoms with van der Waals surface area (Å²) in [5.74, 6) is 0. The van der Waals surface area contributed by atoms with Gasteiger partial charge in [0.2, 0.25) is 0 Å². The average molecular weight is 199 g/mol. The largest absolute Gasteiger partial charge is 0.378 e. The number of nitrogens with one attached hydrogen (secondary N) is 1. The van der Waals surface area contributed by atoms with Crippen molar-refractivity contribution >= 4 is 0 Å². The van der Waals surface area contributed by atoms with Crippen LogP contribution in [0.4, 0.5) is 0 Å². The van der Waals surface area contributed by atoms with Crippen LogP contribution in [0.5, 0.6) is 0 Å². The van der Waals surface area contributed by atoms with E-state index in [2.05, 4.69) is 46.9 Å². The zero-order valence-electron chi connectivity index (χ0n) is 10.5. The van der Waals surface area contributed by atoms with Crippen LogP contribution in [0.2, 0.25) is 0 Å². The van der Waals surface area contributed by atoms with E-state index in [0.717, 1.165) is 19.8 Å². The van der Waals surface area contributed by atoms with Crippen LogP contribution in [0.25, 0.3) is 0 Å². The first-order valence-electron chi connectivity index (χ1n) is 5.53. The molecule has 2 heteroatoms. The summed E-state index contributed by atoms with van der Waals surface area (Å²) >= 11 is 0. The SMILES string of the molecule is CC(C)(C)C1(C(C)(C)C)COCCN1. The van der Waals surface area contributed by atoms with Gasteiger partial charge in [-0.2, -0.15) is 0 Å². The lowest BCUT2D eigenvalue weighted by molar-refractivity contribution is -0.0839. The lowest BCUT2D eigenvalue weighted by Gasteiger charge is -2.55. The molecule has 1 N–H and O–H groups in total. The molecule has 0 aromatic rings. The second-order valence-electron chi connectivity index (χ2n) is 6.38. The molecule has 0 amide bonds. The molecule has 1 aliphatic heterocycles. The van der Waals surface area contributed by atoms with Crippen LogP contribution in [0.1, 0.15) is 41.5 Å². The van der Waals surface area contributed by atoms with E-state index in [4.69, 9.17) is 4.74 Å². The molecule has 0 spiro atoms. The Morgan fingerprint density at radius 2 is 1.50 bits per heavy atom. The molecule has 0 aromatic carbocycles. The first-order valence-corrected chi connectivity index (χ1v) is 5.53. The van der Waals surface area contributed by atoms with Gasteiger partial charge in [-0.25, -0.2) is 0 Å². The molecular weight excluding hydrogens is 174 g/mol. The van der Waals surface area contributed by atoms with Gasteiger partial charge >= 0.3 is 0 Å². The minimum absolute atomic E-state index is 0.0816. The fraction of sp³-hybridized carbons (Fsp3) is 1.00. The lowest BCUT2D eigenvalue weighted by Crippen LogP contribution is -2.68. The van der Waals surface area contributed by atoms with Crippen LogP contribution in [-0.2, 0) is 4.74 Å². The quantitative estimate of drug-likeness (QED) is 0.647. The van der Waals surface area contributed by atoms with Crippen molar-refractivity contribution < 1.29 is 4.74 Å². The molecular formula is C12H25NO. The summed E-state index contributed by atoms with van der Waals surface area (Å²) in [6.45, 7) is 16.4. The highest BCUT2D eigenvalue weighted by Gasteiger charge is 2.51. The molecule has 2 nitrogen and oxygen atoms in total. The Hall–Kier alpha value is -0.0800. The lowest BCUT2D eigenvalue weighted by atomic mass is 9.60. The van der Waals surface area contributed by atoms with Crippen LogP contribution in [0, 0.1) is 10.8 Å². The maximum Gasteiger partial charge on any atom is 0.0659 e. The number of hydrogen-bond acceptors (Lipinski definition) is 2. The summed E-state index contributed by atoms with van der Waals surface area (Å²) in [4.78, 5) is 0. The van der Waals surface area contributed by atoms with Crippen molar-refractivity contribution in [3.8, 4) is 0 Å². The van der Waals surface area contributed by atoms with E-state index in [1.807, 2.05) is 0 Å². The second kappa shape index (κ2) is 3.49. The highest BCUT2D eigenvalue weighted by Crippen LogP contribution is 2.44. The van der Waals surface area contributed by atoms with Gasteiger partial charge in [0.05, 0.1) is 18.8 Å². The number of morpholine rings is 1. The van der Waals surface area contributed by atoms with Crippen LogP contribution in [-0.4, -0.2) is 25.3 Å². The molecule has 0 bridgehead atoms. The van der Waals surface area contributed by atoms with Crippen molar-refractivity contribution in [1.29, 1.82) is 0 Å². The van der Waals surface area contributed by atoms with Gasteiger partial charge in [-0.3, -0.25) is 0 Å². The summed E-state index contributed by atoms with van der Waals surface area (Å²) in [6.07, 6.45) is 0. The van der Waals surface area contributed by atoms with E-state index in [1.54, 1.807) is 0 Å². The van der Waals surface area contributed by atoms with Gasteiger partial charge in [0.15, 0.2) is 0 Å². The van der Waals surface area contributed by atoms with Crippen molar-refractivity contribution in [1.82, 2.24) is 5.32 Å². The minimum Gasteiger partial charge on any atom is -0.378 e. The molecule has 0 radical (unpaired) electrons. The molecule has 84 valence electrons. The molecule has 0 aromatic heterocycles. The van der Waals surface area contributed by atoms with E-state index in [1.165, 1.54) is 0 Å². The van der Waals surface area contributed by atoms with Crippen LogP contribution in [0.3, 0.4) is 0 Å². The topological polar surface area (TPSA) is 21.3 Å². The van der Waals surface area contributed by atoms with Crippen molar-refractivity contribution in [2.45, 2.75) is 47.1 Å². The van der Waals surface area contributed by atoms with Crippen molar-refractivity contribution in [3.05, 3.63) is 0 Å². The fourth-order valence-corrected chi connectivity index (χ4v) is 2.70. The van der Waals surface area contributed by atoms with Crippen LogP contribution >= 0.6 is 0 Å². The number of hydrogen-bond donors (Lipinski definition) is 1. The van der Waals surface area contributed by atoms with Gasteiger partial charge in [0, 0.05) is 6.54 Å². The summed E-state index contributed by atoms with van der Waals surface area (Å²) in [6, 6.07) is 0. The molecule has 1 aliphatic rings. The van der Waals surface area contributed by atoms with Crippen molar-refractivity contribution in [2.75, 3.05) is 19.8 Å². The Bertz CT molecular complexity index is 175. The average Bonchev–Trinajstić information content (AvgIpc) is 2.02. The number of rotatable bonds is 0. The fourth-order valence-electron chi connectivity index (χ4n) is 2.70. The highest BCUT2D eigenvalue weighted by atomic mass is 16.5. The van der Waals surface area contributed by atoms with Crippen LogP contribution in [0.15, 0.2) is 0 Å². The summed E-state index contributed by atoms with van der Waals surface area (Å²) in [7, 11) is 0. The Kier molecular flexibility index (Phi) is 2.99. The minimum atomic E-state index is 0.0816. The molecule has 1 rings (SSSR count). The summed E-state index contributed by atoms with van der Waals surface area (Å²) in [5.41, 5.74) is 0.510. The second-order valence-corrected chi connectivity index (χ2v) is 6.38. The monoisotopic (exact) mass is 199 g/mol. The van der Waals surface area contributed by atoms with Crippen LogP contribution < -0.4 is 5.32 Å². The summed E-state index contributed by atoms with van der Waals surface area (Å²) in [5, 5.41) is 3.69. The standard InChI is InChI=1S/C12H25NO/c1-10(2,3)12(11(4,5)6)9-14-8-7-13-12/h13H,7-9H2,1-6H3. The maximum absolute atomic E-state index is 5.68. The molecule has 0 atom stereocenters. The van der Waals surface area contributed by atoms with Crippen molar-refractivity contribution in [2.24, 2.45) is 10.8 Å².